The van der Waals surface area contributed by atoms with Crippen molar-refractivity contribution in [3.63, 3.8) is 0 Å². The van der Waals surface area contributed by atoms with Crippen LogP contribution in [0.5, 0.6) is 17.4 Å². The monoisotopic (exact) mass is 736 g/mol. The van der Waals surface area contributed by atoms with Gasteiger partial charge in [-0.25, -0.2) is 18.2 Å². The summed E-state index contributed by atoms with van der Waals surface area (Å²) < 4.78 is 45.3. The summed E-state index contributed by atoms with van der Waals surface area (Å²) >= 11 is 0. The second-order valence-electron chi connectivity index (χ2n) is 14.1. The Bertz CT molecular complexity index is 2050. The van der Waals surface area contributed by atoms with Gasteiger partial charge in [0, 0.05) is 39.9 Å². The van der Waals surface area contributed by atoms with Crippen molar-refractivity contribution in [3.8, 4) is 28.8 Å². The van der Waals surface area contributed by atoms with Crippen LogP contribution >= 0.6 is 0 Å². The summed E-state index contributed by atoms with van der Waals surface area (Å²) in [5.74, 6) is 0.351. The number of amides is 4. The van der Waals surface area contributed by atoms with Gasteiger partial charge in [0.05, 0.1) is 36.9 Å². The average molecular weight is 737 g/mol. The lowest BCUT2D eigenvalue weighted by Crippen LogP contribution is -2.57. The molecule has 15 heteroatoms. The third-order valence-corrected chi connectivity index (χ3v) is 12.3. The number of carbonyl (C=O) groups is 3. The summed E-state index contributed by atoms with van der Waals surface area (Å²) in [6.07, 6.45) is 6.85. The van der Waals surface area contributed by atoms with Crippen LogP contribution in [0.4, 0.5) is 4.79 Å². The number of nitrogens with one attached hydrogen (secondary N) is 2. The maximum absolute atomic E-state index is 14.2. The standard InChI is InChI=1S/C37H44N6O8S.2H2/c1-22-30(50-4)17-16-28-31(22)38-32(23-10-12-25(49-3)13-11-23)39-34(28)51-26-19-29-33(44)40-37(35(45)41-52(47,48)27-14-15-27)20-24(37)9-7-5-6-8-18-42(2)36(46)43(29)21-26;;/h7,9-13,16-17,24,26-27,29H,5-6,8,14-15,18-21H2,1-4H3,(H,40,44)(H,41,45);2*1H/b9-7-;;/t24-,26-,29+,37-;;/m1../s1. The topological polar surface area (TPSA) is 169 Å². The van der Waals surface area contributed by atoms with Crippen LogP contribution in [0.3, 0.4) is 0 Å². The number of ether oxygens (including phenoxy) is 3. The number of benzene rings is 2. The molecule has 4 aliphatic rings. The molecule has 0 spiro atoms. The third kappa shape index (κ3) is 6.85. The summed E-state index contributed by atoms with van der Waals surface area (Å²) in [7, 11) is 1.04. The predicted octanol–water partition coefficient (Wildman–Crippen LogP) is 4.21. The number of hydrogen-bond donors (Lipinski definition) is 2. The molecule has 0 radical (unpaired) electrons. The van der Waals surface area contributed by atoms with Crippen molar-refractivity contribution in [1.29, 1.82) is 0 Å². The molecule has 280 valence electrons. The Morgan fingerprint density at radius 1 is 1.06 bits per heavy atom. The average Bonchev–Trinajstić information content (AvgIpc) is 4.06. The van der Waals surface area contributed by atoms with E-state index in [-0.39, 0.29) is 40.1 Å². The summed E-state index contributed by atoms with van der Waals surface area (Å²) in [5, 5.41) is 2.94. The van der Waals surface area contributed by atoms with Crippen LogP contribution in [0.15, 0.2) is 48.6 Å². The minimum Gasteiger partial charge on any atom is -0.497 e. The van der Waals surface area contributed by atoms with Crippen LogP contribution in [-0.4, -0.2) is 103 Å². The van der Waals surface area contributed by atoms with Gasteiger partial charge in [-0.15, -0.1) is 0 Å². The first-order valence-corrected chi connectivity index (χ1v) is 19.2. The Labute approximate surface area is 305 Å². The molecular formula is C37H48N6O8S. The lowest BCUT2D eigenvalue weighted by atomic mass is 10.1. The lowest BCUT2D eigenvalue weighted by Gasteiger charge is -2.30. The number of methoxy groups -OCH3 is 2. The van der Waals surface area contributed by atoms with Gasteiger partial charge in [-0.1, -0.05) is 12.2 Å². The van der Waals surface area contributed by atoms with E-state index in [2.05, 4.69) is 10.0 Å². The molecule has 2 aromatic carbocycles. The first kappa shape index (κ1) is 35.5. The van der Waals surface area contributed by atoms with Crippen LogP contribution in [0.1, 0.15) is 53.4 Å². The van der Waals surface area contributed by atoms with E-state index in [1.807, 2.05) is 55.5 Å². The zero-order valence-electron chi connectivity index (χ0n) is 29.8. The highest BCUT2D eigenvalue weighted by Crippen LogP contribution is 2.46. The number of allylic oxidation sites excluding steroid dienone is 1. The van der Waals surface area contributed by atoms with E-state index in [9.17, 15) is 22.8 Å². The quantitative estimate of drug-likeness (QED) is 0.320. The first-order valence-electron chi connectivity index (χ1n) is 17.7. The molecule has 0 bridgehead atoms. The Kier molecular flexibility index (Phi) is 9.48. The number of carbonyl (C=O) groups excluding carboxylic acids is 3. The third-order valence-electron chi connectivity index (χ3n) is 10.5. The molecule has 3 fully saturated rings. The Hall–Kier alpha value is -4.92. The summed E-state index contributed by atoms with van der Waals surface area (Å²) in [6, 6.07) is 9.65. The zero-order valence-corrected chi connectivity index (χ0v) is 30.6. The number of aromatic nitrogens is 2. The first-order chi connectivity index (χ1) is 24.9. The molecule has 2 saturated carbocycles. The fourth-order valence-corrected chi connectivity index (χ4v) is 8.48. The van der Waals surface area contributed by atoms with E-state index >= 15 is 0 Å². The molecule has 2 N–H and O–H groups in total. The van der Waals surface area contributed by atoms with E-state index in [0.29, 0.717) is 47.6 Å². The Morgan fingerprint density at radius 2 is 1.83 bits per heavy atom. The molecule has 4 atom stereocenters. The van der Waals surface area contributed by atoms with Crippen LogP contribution in [0.2, 0.25) is 0 Å². The van der Waals surface area contributed by atoms with E-state index < -0.39 is 44.8 Å². The highest BCUT2D eigenvalue weighted by Gasteiger charge is 2.62. The predicted molar refractivity (Wildman–Crippen MR) is 197 cm³/mol. The number of sulfonamides is 1. The minimum absolute atomic E-state index is 0. The molecule has 0 unspecified atom stereocenters. The van der Waals surface area contributed by atoms with Crippen molar-refractivity contribution < 1.29 is 39.9 Å². The lowest BCUT2D eigenvalue weighted by molar-refractivity contribution is -0.131. The maximum Gasteiger partial charge on any atom is 0.320 e. The van der Waals surface area contributed by atoms with E-state index in [1.165, 1.54) is 4.90 Å². The molecule has 52 heavy (non-hydrogen) atoms. The Morgan fingerprint density at radius 3 is 2.54 bits per heavy atom. The van der Waals surface area contributed by atoms with Crippen molar-refractivity contribution in [2.24, 2.45) is 5.92 Å². The number of nitrogens with zero attached hydrogens (tertiary/aromatic N) is 4. The van der Waals surface area contributed by atoms with Crippen LogP contribution in [0, 0.1) is 12.8 Å². The minimum atomic E-state index is -3.85. The molecule has 2 aliphatic heterocycles. The highest BCUT2D eigenvalue weighted by molar-refractivity contribution is 7.91. The zero-order chi connectivity index (χ0) is 36.8. The van der Waals surface area contributed by atoms with Crippen LogP contribution < -0.4 is 24.2 Å². The van der Waals surface area contributed by atoms with Gasteiger partial charge in [0.15, 0.2) is 5.82 Å². The molecule has 7 rings (SSSR count). The van der Waals surface area contributed by atoms with Crippen LogP contribution in [-0.2, 0) is 19.6 Å². The largest absolute Gasteiger partial charge is 0.497 e. The summed E-state index contributed by atoms with van der Waals surface area (Å²) in [5.41, 5.74) is 0.713. The normalized spacial score (nSPS) is 25.7. The van der Waals surface area contributed by atoms with E-state index in [1.54, 1.807) is 26.2 Å². The molecule has 1 saturated heterocycles. The molecule has 2 aliphatic carbocycles. The second-order valence-corrected chi connectivity index (χ2v) is 16.0. The highest BCUT2D eigenvalue weighted by atomic mass is 32.2. The molecule has 3 aromatic rings. The van der Waals surface area contributed by atoms with Crippen molar-refractivity contribution in [1.82, 2.24) is 29.8 Å². The number of fused-ring (bicyclic) bond motifs is 3. The second kappa shape index (κ2) is 13.9. The van der Waals surface area contributed by atoms with Gasteiger partial charge in [0.2, 0.25) is 21.8 Å². The van der Waals surface area contributed by atoms with Gasteiger partial charge in [0.25, 0.3) is 5.91 Å². The summed E-state index contributed by atoms with van der Waals surface area (Å²) in [4.78, 5) is 54.5. The van der Waals surface area contributed by atoms with Gasteiger partial charge >= 0.3 is 6.03 Å². The fourth-order valence-electron chi connectivity index (χ4n) is 7.12. The van der Waals surface area contributed by atoms with Gasteiger partial charge in [0.1, 0.15) is 29.2 Å². The van der Waals surface area contributed by atoms with E-state index in [4.69, 9.17) is 24.2 Å². The molecule has 4 amide bonds. The number of hydrogen-bond acceptors (Lipinski definition) is 10. The smallest absolute Gasteiger partial charge is 0.320 e. The van der Waals surface area contributed by atoms with Gasteiger partial charge in [-0.2, -0.15) is 4.98 Å². The fraction of sp³-hybridized carbons (Fsp3) is 0.486. The van der Waals surface area contributed by atoms with Gasteiger partial charge in [-0.05, 0) is 81.8 Å². The van der Waals surface area contributed by atoms with Crippen LogP contribution in [0.25, 0.3) is 22.3 Å². The number of rotatable bonds is 8. The van der Waals surface area contributed by atoms with E-state index in [0.717, 1.165) is 30.4 Å². The molecule has 3 heterocycles. The van der Waals surface area contributed by atoms with Crippen molar-refractivity contribution in [2.45, 2.75) is 74.8 Å². The maximum atomic E-state index is 14.2. The summed E-state index contributed by atoms with van der Waals surface area (Å²) in [6.45, 7) is 2.49. The van der Waals surface area contributed by atoms with Crippen molar-refractivity contribution in [2.75, 3.05) is 34.4 Å². The number of urea groups is 1. The van der Waals surface area contributed by atoms with Gasteiger partial charge in [-0.3, -0.25) is 14.3 Å². The number of aryl methyl sites for hydroxylation is 1. The molecular weight excluding hydrogens is 689 g/mol. The molecule has 1 aromatic heterocycles. The molecule has 14 nitrogen and oxygen atoms in total. The van der Waals surface area contributed by atoms with Gasteiger partial charge < -0.3 is 29.3 Å². The SMILES string of the molecule is COc1ccc(-c2nc(O[C@@H]3C[C@H]4C(=O)N[C@]5(C(=O)NS(=O)(=O)C6CC6)C[C@H]5/C=C\CCCCN(C)C(=O)N4C3)c3ccc(OC)c(C)c3n2)cc1.[HH].[HH]. The van der Waals surface area contributed by atoms with Crippen molar-refractivity contribution >= 4 is 38.8 Å². The van der Waals surface area contributed by atoms with Crippen molar-refractivity contribution in [3.05, 3.63) is 54.1 Å². The Balaban J connectivity index is 0.00000280.